The van der Waals surface area contributed by atoms with Crippen LogP contribution in [0.1, 0.15) is 24.2 Å². The molecular weight excluding hydrogens is 204 g/mol. The fourth-order valence-electron chi connectivity index (χ4n) is 1.92. The number of carbonyl (C=O) groups excluding carboxylic acids is 1. The number of amides is 1. The molecule has 2 rings (SSSR count). The molecule has 1 aliphatic rings. The number of rotatable bonds is 2. The van der Waals surface area contributed by atoms with E-state index in [1.807, 2.05) is 18.2 Å². The number of fused-ring (bicyclic) bond motifs is 1. The van der Waals surface area contributed by atoms with Crippen molar-refractivity contribution in [1.29, 1.82) is 0 Å². The average molecular weight is 220 g/mol. The van der Waals surface area contributed by atoms with Crippen molar-refractivity contribution in [3.05, 3.63) is 35.4 Å². The van der Waals surface area contributed by atoms with Crippen LogP contribution in [-0.2, 0) is 11.2 Å². The number of ether oxygens (including phenoxy) is 1. The van der Waals surface area contributed by atoms with Gasteiger partial charge < -0.3 is 10.1 Å². The third kappa shape index (κ3) is 2.33. The van der Waals surface area contributed by atoms with Crippen LogP contribution in [0.25, 0.3) is 0 Å². The maximum atomic E-state index is 11.3. The minimum absolute atomic E-state index is 0.135. The molecule has 0 saturated carbocycles. The second-order valence-corrected chi connectivity index (χ2v) is 3.70. The van der Waals surface area contributed by atoms with E-state index in [-0.39, 0.29) is 12.3 Å². The summed E-state index contributed by atoms with van der Waals surface area (Å²) >= 11 is 0. The lowest BCUT2D eigenvalue weighted by atomic mass is 9.99. The van der Waals surface area contributed by atoms with E-state index in [2.05, 4.69) is 16.7 Å². The van der Waals surface area contributed by atoms with E-state index < -0.39 is 0 Å². The van der Waals surface area contributed by atoms with Crippen LogP contribution in [0, 0.1) is 0 Å². The first-order chi connectivity index (χ1) is 7.81. The Morgan fingerprint density at radius 3 is 3.19 bits per heavy atom. The van der Waals surface area contributed by atoms with Crippen LogP contribution in [0.3, 0.4) is 0 Å². The molecule has 0 aromatic heterocycles. The van der Waals surface area contributed by atoms with Gasteiger partial charge in [-0.25, -0.2) is 4.79 Å². The van der Waals surface area contributed by atoms with Gasteiger partial charge in [-0.3, -0.25) is 5.32 Å². The van der Waals surface area contributed by atoms with Crippen molar-refractivity contribution in [3.8, 4) is 0 Å². The minimum atomic E-state index is -0.378. The Morgan fingerprint density at radius 1 is 1.56 bits per heavy atom. The quantitative estimate of drug-likeness (QED) is 0.795. The zero-order valence-electron chi connectivity index (χ0n) is 9.32. The molecule has 1 aliphatic heterocycles. The summed E-state index contributed by atoms with van der Waals surface area (Å²) in [4.78, 5) is 11.3. The first-order valence-electron chi connectivity index (χ1n) is 5.55. The molecule has 1 heterocycles. The van der Waals surface area contributed by atoms with Crippen LogP contribution in [-0.4, -0.2) is 19.2 Å². The predicted octanol–water partition coefficient (Wildman–Crippen LogP) is 1.58. The Hall–Kier alpha value is -1.55. The van der Waals surface area contributed by atoms with Gasteiger partial charge in [-0.2, -0.15) is 0 Å². The molecule has 0 bridgehead atoms. The summed E-state index contributed by atoms with van der Waals surface area (Å²) in [6.07, 6.45) is 0.484. The molecule has 0 radical (unpaired) electrons. The van der Waals surface area contributed by atoms with Crippen molar-refractivity contribution >= 4 is 6.09 Å². The minimum Gasteiger partial charge on any atom is -0.450 e. The summed E-state index contributed by atoms with van der Waals surface area (Å²) in [6.45, 7) is 3.05. The standard InChI is InChI=1S/C12H16N2O2/c1-2-16-12(15)14-11-10-6-4-3-5-9(10)7-8-13-11/h3-6,11,13H,2,7-8H2,1H3,(H,14,15). The topological polar surface area (TPSA) is 50.4 Å². The normalized spacial score (nSPS) is 18.7. The summed E-state index contributed by atoms with van der Waals surface area (Å²) in [6, 6.07) is 8.12. The van der Waals surface area contributed by atoms with Crippen LogP contribution >= 0.6 is 0 Å². The average Bonchev–Trinajstić information content (AvgIpc) is 2.30. The van der Waals surface area contributed by atoms with E-state index in [4.69, 9.17) is 4.74 Å². The summed E-state index contributed by atoms with van der Waals surface area (Å²) in [5.41, 5.74) is 2.41. The van der Waals surface area contributed by atoms with Crippen molar-refractivity contribution in [2.75, 3.05) is 13.2 Å². The Kier molecular flexibility index (Phi) is 3.41. The van der Waals surface area contributed by atoms with Crippen molar-refractivity contribution in [2.24, 2.45) is 0 Å². The van der Waals surface area contributed by atoms with Gasteiger partial charge in [-0.15, -0.1) is 0 Å². The lowest BCUT2D eigenvalue weighted by Gasteiger charge is -2.27. The van der Waals surface area contributed by atoms with Gasteiger partial charge in [-0.05, 0) is 24.5 Å². The molecule has 16 heavy (non-hydrogen) atoms. The SMILES string of the molecule is CCOC(=O)NC1NCCc2ccccc21. The number of hydrogen-bond donors (Lipinski definition) is 2. The number of hydrogen-bond acceptors (Lipinski definition) is 3. The highest BCUT2D eigenvalue weighted by molar-refractivity contribution is 5.68. The summed E-state index contributed by atoms with van der Waals surface area (Å²) in [7, 11) is 0. The van der Waals surface area contributed by atoms with Gasteiger partial charge in [0.15, 0.2) is 0 Å². The van der Waals surface area contributed by atoms with Gasteiger partial charge in [-0.1, -0.05) is 24.3 Å². The largest absolute Gasteiger partial charge is 0.450 e. The summed E-state index contributed by atoms with van der Waals surface area (Å²) < 4.78 is 4.87. The second-order valence-electron chi connectivity index (χ2n) is 3.70. The Bertz CT molecular complexity index is 379. The van der Waals surface area contributed by atoms with Gasteiger partial charge in [0, 0.05) is 6.54 Å². The first kappa shape index (κ1) is 11.0. The Morgan fingerprint density at radius 2 is 2.38 bits per heavy atom. The van der Waals surface area contributed by atoms with E-state index in [0.29, 0.717) is 6.61 Å². The number of benzene rings is 1. The number of nitrogens with one attached hydrogen (secondary N) is 2. The van der Waals surface area contributed by atoms with Crippen molar-refractivity contribution < 1.29 is 9.53 Å². The third-order valence-corrected chi connectivity index (χ3v) is 2.65. The van der Waals surface area contributed by atoms with Crippen LogP contribution in [0.5, 0.6) is 0 Å². The highest BCUT2D eigenvalue weighted by Gasteiger charge is 2.20. The molecule has 0 saturated heterocycles. The van der Waals surface area contributed by atoms with E-state index in [1.54, 1.807) is 6.92 Å². The lowest BCUT2D eigenvalue weighted by Crippen LogP contribution is -2.42. The molecule has 86 valence electrons. The Labute approximate surface area is 95.0 Å². The van der Waals surface area contributed by atoms with Crippen LogP contribution in [0.15, 0.2) is 24.3 Å². The molecule has 1 unspecified atom stereocenters. The van der Waals surface area contributed by atoms with Crippen molar-refractivity contribution in [3.63, 3.8) is 0 Å². The summed E-state index contributed by atoms with van der Waals surface area (Å²) in [5, 5.41) is 6.06. The van der Waals surface area contributed by atoms with E-state index in [9.17, 15) is 4.79 Å². The van der Waals surface area contributed by atoms with Gasteiger partial charge >= 0.3 is 6.09 Å². The van der Waals surface area contributed by atoms with Crippen LogP contribution in [0.2, 0.25) is 0 Å². The van der Waals surface area contributed by atoms with E-state index in [0.717, 1.165) is 18.5 Å². The van der Waals surface area contributed by atoms with Crippen molar-refractivity contribution in [2.45, 2.75) is 19.5 Å². The zero-order chi connectivity index (χ0) is 11.4. The first-order valence-corrected chi connectivity index (χ1v) is 5.55. The van der Waals surface area contributed by atoms with Crippen LogP contribution in [0.4, 0.5) is 4.79 Å². The smallest absolute Gasteiger partial charge is 0.408 e. The monoisotopic (exact) mass is 220 g/mol. The molecule has 1 amide bonds. The van der Waals surface area contributed by atoms with Gasteiger partial charge in [0.1, 0.15) is 6.17 Å². The third-order valence-electron chi connectivity index (χ3n) is 2.65. The van der Waals surface area contributed by atoms with Gasteiger partial charge in [0.25, 0.3) is 0 Å². The zero-order valence-corrected chi connectivity index (χ0v) is 9.32. The maximum absolute atomic E-state index is 11.3. The highest BCUT2D eigenvalue weighted by Crippen LogP contribution is 2.20. The molecule has 2 N–H and O–H groups in total. The number of alkyl carbamates (subject to hydrolysis) is 1. The molecule has 4 nitrogen and oxygen atoms in total. The van der Waals surface area contributed by atoms with Gasteiger partial charge in [0.05, 0.1) is 6.61 Å². The van der Waals surface area contributed by atoms with E-state index in [1.165, 1.54) is 5.56 Å². The molecule has 1 atom stereocenters. The Balaban J connectivity index is 2.10. The fourth-order valence-corrected chi connectivity index (χ4v) is 1.92. The molecule has 4 heteroatoms. The lowest BCUT2D eigenvalue weighted by molar-refractivity contribution is 0.145. The maximum Gasteiger partial charge on any atom is 0.408 e. The van der Waals surface area contributed by atoms with E-state index >= 15 is 0 Å². The fraction of sp³-hybridized carbons (Fsp3) is 0.417. The van der Waals surface area contributed by atoms with Gasteiger partial charge in [0.2, 0.25) is 0 Å². The molecule has 0 aliphatic carbocycles. The predicted molar refractivity (Wildman–Crippen MR) is 61.0 cm³/mol. The summed E-state index contributed by atoms with van der Waals surface area (Å²) in [5.74, 6) is 0. The molecule has 0 spiro atoms. The number of carbonyl (C=O) groups is 1. The molecule has 1 aromatic carbocycles. The molecular formula is C12H16N2O2. The van der Waals surface area contributed by atoms with Crippen LogP contribution < -0.4 is 10.6 Å². The highest BCUT2D eigenvalue weighted by atomic mass is 16.5. The molecule has 0 fully saturated rings. The second kappa shape index (κ2) is 4.99. The van der Waals surface area contributed by atoms with Crippen molar-refractivity contribution in [1.82, 2.24) is 10.6 Å². The molecule has 1 aromatic rings.